The zero-order chi connectivity index (χ0) is 20.4. The number of nitrogens with one attached hydrogen (secondary N) is 1. The normalized spacial score (nSPS) is 11.1. The van der Waals surface area contributed by atoms with Gasteiger partial charge in [-0.05, 0) is 24.6 Å². The Hall–Kier alpha value is -3.55. The first-order valence-electron chi connectivity index (χ1n) is 9.44. The monoisotopic (exact) mass is 392 g/mol. The minimum atomic E-state index is 0.397. The smallest absolute Gasteiger partial charge is 0.225 e. The molecular weight excluding hydrogens is 368 g/mol. The van der Waals surface area contributed by atoms with Crippen LogP contribution < -0.4 is 20.5 Å². The number of benzene rings is 2. The Kier molecular flexibility index (Phi) is 5.07. The lowest BCUT2D eigenvalue weighted by Crippen LogP contribution is -2.09. The quantitative estimate of drug-likeness (QED) is 0.466. The Morgan fingerprint density at radius 3 is 2.52 bits per heavy atom. The van der Waals surface area contributed by atoms with Crippen LogP contribution in [-0.4, -0.2) is 40.3 Å². The number of aryl methyl sites for hydroxylation is 2. The second kappa shape index (κ2) is 7.83. The standard InChI is InChI=1S/C21H24N6O2/c1-27-16-8-5-4-7-14(16)24-19(27)9-6-10-23-21-25-15-12-18(29-3)17(28-2)11-13(15)20(22)26-21/h4-5,7-8,11-12H,6,9-10H2,1-3H3,(H3,22,23,25,26). The van der Waals surface area contributed by atoms with Gasteiger partial charge in [0.15, 0.2) is 11.5 Å². The molecule has 8 nitrogen and oxygen atoms in total. The van der Waals surface area contributed by atoms with E-state index in [4.69, 9.17) is 20.2 Å². The van der Waals surface area contributed by atoms with Gasteiger partial charge in [-0.2, -0.15) is 4.98 Å². The van der Waals surface area contributed by atoms with Crippen LogP contribution in [0.4, 0.5) is 11.8 Å². The molecule has 8 heteroatoms. The largest absolute Gasteiger partial charge is 0.493 e. The third-order valence-corrected chi connectivity index (χ3v) is 4.97. The van der Waals surface area contributed by atoms with Crippen molar-refractivity contribution in [2.75, 3.05) is 31.8 Å². The highest BCUT2D eigenvalue weighted by molar-refractivity contribution is 5.91. The molecule has 0 amide bonds. The van der Waals surface area contributed by atoms with E-state index in [1.54, 1.807) is 26.4 Å². The van der Waals surface area contributed by atoms with E-state index < -0.39 is 0 Å². The molecule has 0 unspecified atom stereocenters. The molecule has 0 bridgehead atoms. The predicted molar refractivity (Wildman–Crippen MR) is 115 cm³/mol. The molecule has 0 saturated heterocycles. The van der Waals surface area contributed by atoms with Crippen LogP contribution in [0.5, 0.6) is 11.5 Å². The van der Waals surface area contributed by atoms with Gasteiger partial charge in [0.1, 0.15) is 11.6 Å². The predicted octanol–water partition coefficient (Wildman–Crippen LogP) is 3.16. The number of anilines is 2. The number of nitrogens with two attached hydrogens (primary N) is 1. The summed E-state index contributed by atoms with van der Waals surface area (Å²) >= 11 is 0. The van der Waals surface area contributed by atoms with Crippen LogP contribution in [-0.2, 0) is 13.5 Å². The maximum atomic E-state index is 6.13. The van der Waals surface area contributed by atoms with Gasteiger partial charge in [0.2, 0.25) is 5.95 Å². The Bertz CT molecular complexity index is 1170. The third-order valence-electron chi connectivity index (χ3n) is 4.97. The van der Waals surface area contributed by atoms with Gasteiger partial charge in [-0.3, -0.25) is 0 Å². The van der Waals surface area contributed by atoms with Crippen LogP contribution in [0.2, 0.25) is 0 Å². The Morgan fingerprint density at radius 2 is 1.76 bits per heavy atom. The van der Waals surface area contributed by atoms with Crippen LogP contribution in [0.1, 0.15) is 12.2 Å². The summed E-state index contributed by atoms with van der Waals surface area (Å²) in [6.07, 6.45) is 1.75. The lowest BCUT2D eigenvalue weighted by molar-refractivity contribution is 0.356. The van der Waals surface area contributed by atoms with Crippen molar-refractivity contribution in [1.82, 2.24) is 19.5 Å². The van der Waals surface area contributed by atoms with Crippen molar-refractivity contribution < 1.29 is 9.47 Å². The molecule has 0 aliphatic carbocycles. The Balaban J connectivity index is 1.46. The molecule has 0 aliphatic heterocycles. The molecule has 0 saturated carbocycles. The molecule has 0 aliphatic rings. The van der Waals surface area contributed by atoms with Crippen LogP contribution >= 0.6 is 0 Å². The van der Waals surface area contributed by atoms with Crippen LogP contribution in [0.3, 0.4) is 0 Å². The zero-order valence-electron chi connectivity index (χ0n) is 16.8. The fourth-order valence-corrected chi connectivity index (χ4v) is 3.42. The summed E-state index contributed by atoms with van der Waals surface area (Å²) in [4.78, 5) is 13.6. The number of fused-ring (bicyclic) bond motifs is 2. The van der Waals surface area contributed by atoms with E-state index in [0.717, 1.165) is 35.1 Å². The summed E-state index contributed by atoms with van der Waals surface area (Å²) in [7, 11) is 5.22. The van der Waals surface area contributed by atoms with Crippen LogP contribution in [0.15, 0.2) is 36.4 Å². The number of rotatable bonds is 7. The molecule has 2 aromatic heterocycles. The minimum absolute atomic E-state index is 0.397. The summed E-state index contributed by atoms with van der Waals surface area (Å²) in [5.41, 5.74) is 9.00. The molecule has 4 aromatic rings. The van der Waals surface area contributed by atoms with E-state index in [9.17, 15) is 0 Å². The summed E-state index contributed by atoms with van der Waals surface area (Å²) < 4.78 is 12.8. The second-order valence-electron chi connectivity index (χ2n) is 6.76. The molecular formula is C21H24N6O2. The number of methoxy groups -OCH3 is 2. The van der Waals surface area contributed by atoms with Gasteiger partial charge in [0, 0.05) is 31.5 Å². The van der Waals surface area contributed by atoms with E-state index in [-0.39, 0.29) is 0 Å². The summed E-state index contributed by atoms with van der Waals surface area (Å²) in [5.74, 6) is 3.15. The van der Waals surface area contributed by atoms with Gasteiger partial charge in [0.05, 0.1) is 30.8 Å². The molecule has 4 rings (SSSR count). The van der Waals surface area contributed by atoms with Crippen LogP contribution in [0, 0.1) is 0 Å². The van der Waals surface area contributed by atoms with Crippen molar-refractivity contribution in [3.63, 3.8) is 0 Å². The number of nitrogens with zero attached hydrogens (tertiary/aromatic N) is 4. The molecule has 2 aromatic carbocycles. The number of hydrogen-bond donors (Lipinski definition) is 2. The average Bonchev–Trinajstić information content (AvgIpc) is 3.06. The highest BCUT2D eigenvalue weighted by Crippen LogP contribution is 2.33. The van der Waals surface area contributed by atoms with E-state index in [1.807, 2.05) is 25.2 Å². The van der Waals surface area contributed by atoms with Gasteiger partial charge in [0.25, 0.3) is 0 Å². The molecule has 150 valence electrons. The third kappa shape index (κ3) is 3.61. The first-order chi connectivity index (χ1) is 14.1. The highest BCUT2D eigenvalue weighted by atomic mass is 16.5. The molecule has 3 N–H and O–H groups in total. The summed E-state index contributed by atoms with van der Waals surface area (Å²) in [5, 5.41) is 3.99. The van der Waals surface area contributed by atoms with Crippen molar-refractivity contribution in [2.45, 2.75) is 12.8 Å². The fourth-order valence-electron chi connectivity index (χ4n) is 3.42. The molecule has 0 fully saturated rings. The average molecular weight is 392 g/mol. The number of para-hydroxylation sites is 2. The lowest BCUT2D eigenvalue weighted by atomic mass is 10.2. The van der Waals surface area contributed by atoms with E-state index in [1.165, 1.54) is 0 Å². The van der Waals surface area contributed by atoms with Crippen molar-refractivity contribution >= 4 is 33.7 Å². The van der Waals surface area contributed by atoms with Crippen LogP contribution in [0.25, 0.3) is 21.9 Å². The van der Waals surface area contributed by atoms with Crippen molar-refractivity contribution in [3.05, 3.63) is 42.2 Å². The molecule has 0 radical (unpaired) electrons. The Labute approximate surface area is 168 Å². The second-order valence-corrected chi connectivity index (χ2v) is 6.76. The molecule has 0 spiro atoms. The van der Waals surface area contributed by atoms with Gasteiger partial charge in [-0.25, -0.2) is 9.97 Å². The highest BCUT2D eigenvalue weighted by Gasteiger charge is 2.12. The summed E-state index contributed by atoms with van der Waals surface area (Å²) in [6, 6.07) is 11.7. The van der Waals surface area contributed by atoms with E-state index in [2.05, 4.69) is 25.9 Å². The van der Waals surface area contributed by atoms with E-state index in [0.29, 0.717) is 35.3 Å². The van der Waals surface area contributed by atoms with Gasteiger partial charge < -0.3 is 25.1 Å². The van der Waals surface area contributed by atoms with Gasteiger partial charge >= 0.3 is 0 Å². The van der Waals surface area contributed by atoms with Gasteiger partial charge in [-0.15, -0.1) is 0 Å². The van der Waals surface area contributed by atoms with E-state index >= 15 is 0 Å². The maximum Gasteiger partial charge on any atom is 0.225 e. The SMILES string of the molecule is COc1cc2nc(NCCCc3nc4ccccc4n3C)nc(N)c2cc1OC. The fraction of sp³-hybridized carbons (Fsp3) is 0.286. The summed E-state index contributed by atoms with van der Waals surface area (Å²) in [6.45, 7) is 0.710. The van der Waals surface area contributed by atoms with Crippen molar-refractivity contribution in [2.24, 2.45) is 7.05 Å². The van der Waals surface area contributed by atoms with Gasteiger partial charge in [-0.1, -0.05) is 12.1 Å². The number of ether oxygens (including phenoxy) is 2. The topological polar surface area (TPSA) is 100 Å². The first kappa shape index (κ1) is 18.8. The molecule has 29 heavy (non-hydrogen) atoms. The van der Waals surface area contributed by atoms with Crippen molar-refractivity contribution in [3.8, 4) is 11.5 Å². The molecule has 0 atom stereocenters. The maximum absolute atomic E-state index is 6.13. The Morgan fingerprint density at radius 1 is 1.00 bits per heavy atom. The number of hydrogen-bond acceptors (Lipinski definition) is 7. The number of aromatic nitrogens is 4. The number of nitrogen functional groups attached to an aromatic ring is 1. The van der Waals surface area contributed by atoms with Crippen molar-refractivity contribution in [1.29, 1.82) is 0 Å². The first-order valence-corrected chi connectivity index (χ1v) is 9.44. The number of imidazole rings is 1. The minimum Gasteiger partial charge on any atom is -0.493 e. The lowest BCUT2D eigenvalue weighted by Gasteiger charge is -2.11. The molecule has 2 heterocycles. The zero-order valence-corrected chi connectivity index (χ0v) is 16.8.